The van der Waals surface area contributed by atoms with Crippen molar-refractivity contribution in [2.75, 3.05) is 0 Å². The van der Waals surface area contributed by atoms with Crippen LogP contribution in [0.15, 0.2) is 18.3 Å². The van der Waals surface area contributed by atoms with E-state index in [1.807, 2.05) is 13.8 Å². The molecule has 1 heterocycles. The minimum atomic E-state index is -1.04. The fourth-order valence-corrected chi connectivity index (χ4v) is 1.50. The molecule has 0 saturated heterocycles. The fraction of sp³-hybridized carbons (Fsp3) is 0.500. The second-order valence-corrected chi connectivity index (χ2v) is 4.56. The summed E-state index contributed by atoms with van der Waals surface area (Å²) >= 11 is 0. The quantitative estimate of drug-likeness (QED) is 0.705. The largest absolute Gasteiger partial charge is 0.480 e. The maximum absolute atomic E-state index is 11.6. The molecule has 1 aromatic heterocycles. The van der Waals surface area contributed by atoms with E-state index in [4.69, 9.17) is 5.11 Å². The highest BCUT2D eigenvalue weighted by atomic mass is 16.4. The number of nitrogens with one attached hydrogen (secondary N) is 2. The Hall–Kier alpha value is -2.18. The van der Waals surface area contributed by atoms with Gasteiger partial charge in [-0.15, -0.1) is 0 Å². The molecular weight excluding hydrogens is 248 g/mol. The number of urea groups is 1. The van der Waals surface area contributed by atoms with Crippen molar-refractivity contribution < 1.29 is 14.7 Å². The second-order valence-electron chi connectivity index (χ2n) is 4.56. The lowest BCUT2D eigenvalue weighted by Crippen LogP contribution is -2.46. The van der Waals surface area contributed by atoms with Gasteiger partial charge in [0.25, 0.3) is 0 Å². The summed E-state index contributed by atoms with van der Waals surface area (Å²) in [5.41, 5.74) is 0.605. The number of hydrogen-bond donors (Lipinski definition) is 3. The highest BCUT2D eigenvalue weighted by molar-refractivity contribution is 5.82. The minimum absolute atomic E-state index is 0.182. The van der Waals surface area contributed by atoms with Gasteiger partial charge >= 0.3 is 12.0 Å². The van der Waals surface area contributed by atoms with Gasteiger partial charge in [0.15, 0.2) is 0 Å². The van der Waals surface area contributed by atoms with Crippen molar-refractivity contribution in [2.24, 2.45) is 5.92 Å². The van der Waals surface area contributed by atoms with Crippen LogP contribution in [0.25, 0.3) is 0 Å². The van der Waals surface area contributed by atoms with Crippen LogP contribution in [0.2, 0.25) is 0 Å². The molecule has 7 nitrogen and oxygen atoms in total. The van der Waals surface area contributed by atoms with Gasteiger partial charge in [-0.05, 0) is 24.5 Å². The summed E-state index contributed by atoms with van der Waals surface area (Å²) in [7, 11) is 0. The number of carbonyl (C=O) groups excluding carboxylic acids is 1. The first-order valence-electron chi connectivity index (χ1n) is 6.02. The zero-order valence-corrected chi connectivity index (χ0v) is 11.0. The van der Waals surface area contributed by atoms with Crippen molar-refractivity contribution >= 4 is 12.0 Å². The van der Waals surface area contributed by atoms with Gasteiger partial charge in [0.2, 0.25) is 0 Å². The van der Waals surface area contributed by atoms with Gasteiger partial charge < -0.3 is 15.7 Å². The molecule has 0 radical (unpaired) electrons. The van der Waals surface area contributed by atoms with Crippen molar-refractivity contribution in [3.8, 4) is 0 Å². The highest BCUT2D eigenvalue weighted by Crippen LogP contribution is 2.04. The monoisotopic (exact) mass is 266 g/mol. The van der Waals surface area contributed by atoms with Gasteiger partial charge in [-0.2, -0.15) is 10.2 Å². The van der Waals surface area contributed by atoms with Gasteiger partial charge in [-0.1, -0.05) is 13.8 Å². The molecule has 0 aliphatic carbocycles. The summed E-state index contributed by atoms with van der Waals surface area (Å²) < 4.78 is 0. The Morgan fingerprint density at radius 1 is 1.42 bits per heavy atom. The summed E-state index contributed by atoms with van der Waals surface area (Å²) in [6.07, 6.45) is 1.92. The first kappa shape index (κ1) is 14.9. The van der Waals surface area contributed by atoms with Crippen LogP contribution in [0.5, 0.6) is 0 Å². The van der Waals surface area contributed by atoms with E-state index in [9.17, 15) is 9.59 Å². The van der Waals surface area contributed by atoms with Crippen LogP contribution in [-0.2, 0) is 11.3 Å². The summed E-state index contributed by atoms with van der Waals surface area (Å²) in [4.78, 5) is 22.6. The maximum atomic E-state index is 11.6. The lowest BCUT2D eigenvalue weighted by atomic mass is 10.0. The average molecular weight is 266 g/mol. The van der Waals surface area contributed by atoms with Crippen LogP contribution in [0.1, 0.15) is 26.0 Å². The Morgan fingerprint density at radius 3 is 2.68 bits per heavy atom. The van der Waals surface area contributed by atoms with Crippen molar-refractivity contribution in [1.82, 2.24) is 20.8 Å². The third-order valence-corrected chi connectivity index (χ3v) is 2.37. The van der Waals surface area contributed by atoms with Gasteiger partial charge in [-0.25, -0.2) is 9.59 Å². The Labute approximate surface area is 111 Å². The number of carboxylic acids is 1. The summed E-state index contributed by atoms with van der Waals surface area (Å²) in [6.45, 7) is 4.00. The van der Waals surface area contributed by atoms with Crippen LogP contribution in [0.3, 0.4) is 0 Å². The molecule has 1 rings (SSSR count). The molecule has 0 fully saturated rings. The molecule has 7 heteroatoms. The van der Waals surface area contributed by atoms with E-state index in [0.29, 0.717) is 12.1 Å². The number of carbonyl (C=O) groups is 2. The lowest BCUT2D eigenvalue weighted by Gasteiger charge is -2.16. The molecule has 0 aliphatic heterocycles. The van der Waals surface area contributed by atoms with Crippen LogP contribution >= 0.6 is 0 Å². The van der Waals surface area contributed by atoms with E-state index in [-0.39, 0.29) is 12.5 Å². The van der Waals surface area contributed by atoms with Crippen molar-refractivity contribution in [2.45, 2.75) is 32.9 Å². The normalized spacial score (nSPS) is 11.9. The number of aliphatic carboxylic acids is 1. The Kier molecular flexibility index (Phi) is 5.72. The molecule has 2 amide bonds. The van der Waals surface area contributed by atoms with E-state index in [0.717, 1.165) is 0 Å². The van der Waals surface area contributed by atoms with E-state index < -0.39 is 18.0 Å². The molecule has 1 unspecified atom stereocenters. The lowest BCUT2D eigenvalue weighted by molar-refractivity contribution is -0.139. The molecule has 3 N–H and O–H groups in total. The molecule has 0 aliphatic rings. The molecule has 0 spiro atoms. The number of rotatable bonds is 6. The molecule has 0 bridgehead atoms. The first-order valence-corrected chi connectivity index (χ1v) is 6.02. The molecule has 1 aromatic rings. The molecule has 104 valence electrons. The van der Waals surface area contributed by atoms with Crippen LogP contribution < -0.4 is 10.6 Å². The van der Waals surface area contributed by atoms with Gasteiger partial charge in [-0.3, -0.25) is 0 Å². The predicted octanol–water partition coefficient (Wildman–Crippen LogP) is 0.775. The average Bonchev–Trinajstić information content (AvgIpc) is 2.36. The number of aromatic nitrogens is 2. The highest BCUT2D eigenvalue weighted by Gasteiger charge is 2.20. The smallest absolute Gasteiger partial charge is 0.326 e. The van der Waals surface area contributed by atoms with Gasteiger partial charge in [0.1, 0.15) is 6.04 Å². The second kappa shape index (κ2) is 7.30. The van der Waals surface area contributed by atoms with Crippen LogP contribution in [0.4, 0.5) is 4.79 Å². The molecule has 0 saturated carbocycles. The van der Waals surface area contributed by atoms with Crippen molar-refractivity contribution in [1.29, 1.82) is 0 Å². The zero-order chi connectivity index (χ0) is 14.3. The topological polar surface area (TPSA) is 104 Å². The Morgan fingerprint density at radius 2 is 2.16 bits per heavy atom. The third kappa shape index (κ3) is 5.80. The Bertz CT molecular complexity index is 422. The SMILES string of the molecule is CC(C)CC(NC(=O)NCc1cccnn1)C(=O)O. The maximum Gasteiger partial charge on any atom is 0.326 e. The number of amides is 2. The summed E-state index contributed by atoms with van der Waals surface area (Å²) in [5, 5.41) is 21.4. The molecule has 1 atom stereocenters. The van der Waals surface area contributed by atoms with Crippen LogP contribution in [-0.4, -0.2) is 33.3 Å². The fourth-order valence-electron chi connectivity index (χ4n) is 1.50. The van der Waals surface area contributed by atoms with Gasteiger partial charge in [0, 0.05) is 6.20 Å². The molecule has 19 heavy (non-hydrogen) atoms. The van der Waals surface area contributed by atoms with Crippen molar-refractivity contribution in [3.63, 3.8) is 0 Å². The number of nitrogens with zero attached hydrogens (tertiary/aromatic N) is 2. The molecule has 0 aromatic carbocycles. The van der Waals surface area contributed by atoms with E-state index in [1.165, 1.54) is 6.20 Å². The van der Waals surface area contributed by atoms with E-state index in [2.05, 4.69) is 20.8 Å². The van der Waals surface area contributed by atoms with Gasteiger partial charge in [0.05, 0.1) is 12.2 Å². The number of hydrogen-bond acceptors (Lipinski definition) is 4. The molecular formula is C12H18N4O3. The minimum Gasteiger partial charge on any atom is -0.480 e. The van der Waals surface area contributed by atoms with E-state index in [1.54, 1.807) is 12.1 Å². The zero-order valence-electron chi connectivity index (χ0n) is 11.0. The summed E-state index contributed by atoms with van der Waals surface area (Å²) in [5.74, 6) is -0.857. The van der Waals surface area contributed by atoms with E-state index >= 15 is 0 Å². The predicted molar refractivity (Wildman–Crippen MR) is 68.3 cm³/mol. The van der Waals surface area contributed by atoms with Crippen molar-refractivity contribution in [3.05, 3.63) is 24.0 Å². The Balaban J connectivity index is 2.42. The van der Waals surface area contributed by atoms with Crippen LogP contribution in [0, 0.1) is 5.92 Å². The standard InChI is InChI=1S/C12H18N4O3/c1-8(2)6-10(11(17)18)15-12(19)13-7-9-4-3-5-14-16-9/h3-5,8,10H,6-7H2,1-2H3,(H,17,18)(H2,13,15,19). The third-order valence-electron chi connectivity index (χ3n) is 2.37. The number of carboxylic acid groups (broad SMARTS) is 1. The first-order chi connectivity index (χ1) is 8.99. The summed E-state index contributed by atoms with van der Waals surface area (Å²) in [6, 6.07) is 2.01.